The van der Waals surface area contributed by atoms with Crippen molar-refractivity contribution in [2.75, 3.05) is 20.1 Å². The van der Waals surface area contributed by atoms with E-state index in [9.17, 15) is 0 Å². The second-order valence-electron chi connectivity index (χ2n) is 6.90. The lowest BCUT2D eigenvalue weighted by Crippen LogP contribution is -2.50. The summed E-state index contributed by atoms with van der Waals surface area (Å²) in [5.41, 5.74) is 1.11. The molecule has 2 fully saturated rings. The van der Waals surface area contributed by atoms with Crippen molar-refractivity contribution in [3.8, 4) is 0 Å². The number of thiazole rings is 1. The van der Waals surface area contributed by atoms with E-state index in [0.717, 1.165) is 30.7 Å². The van der Waals surface area contributed by atoms with Gasteiger partial charge in [0.15, 0.2) is 5.96 Å². The van der Waals surface area contributed by atoms with E-state index in [0.29, 0.717) is 6.04 Å². The van der Waals surface area contributed by atoms with Crippen molar-refractivity contribution in [3.05, 3.63) is 16.1 Å². The smallest absolute Gasteiger partial charge is 0.191 e. The normalized spacial score (nSPS) is 20.5. The van der Waals surface area contributed by atoms with Crippen LogP contribution in [0.15, 0.2) is 10.4 Å². The predicted molar refractivity (Wildman–Crippen MR) is 117 cm³/mol. The molecule has 1 aliphatic carbocycles. The van der Waals surface area contributed by atoms with E-state index in [1.807, 2.05) is 7.05 Å². The van der Waals surface area contributed by atoms with E-state index < -0.39 is 0 Å². The monoisotopic (exact) mass is 477 g/mol. The molecule has 142 valence electrons. The summed E-state index contributed by atoms with van der Waals surface area (Å²) in [4.78, 5) is 11.7. The maximum Gasteiger partial charge on any atom is 0.191 e. The van der Waals surface area contributed by atoms with Crippen LogP contribution in [0.1, 0.15) is 56.2 Å². The third-order valence-corrected chi connectivity index (χ3v) is 6.32. The second kappa shape index (κ2) is 10.7. The van der Waals surface area contributed by atoms with Gasteiger partial charge in [0.05, 0.1) is 17.2 Å². The minimum Gasteiger partial charge on any atom is -0.354 e. The Bertz CT molecular complexity index is 533. The van der Waals surface area contributed by atoms with E-state index in [2.05, 4.69) is 37.8 Å². The minimum absolute atomic E-state index is 0. The van der Waals surface area contributed by atoms with Crippen molar-refractivity contribution >= 4 is 41.3 Å². The number of guanidine groups is 1. The Morgan fingerprint density at radius 2 is 2.00 bits per heavy atom. The number of aryl methyl sites for hydroxylation is 1. The maximum absolute atomic E-state index is 4.60. The van der Waals surface area contributed by atoms with Gasteiger partial charge in [-0.15, -0.1) is 35.3 Å². The van der Waals surface area contributed by atoms with Crippen LogP contribution in [-0.4, -0.2) is 48.1 Å². The lowest BCUT2D eigenvalue weighted by molar-refractivity contribution is 0.150. The highest BCUT2D eigenvalue weighted by Gasteiger charge is 2.27. The number of hydrogen-bond acceptors (Lipinski definition) is 4. The summed E-state index contributed by atoms with van der Waals surface area (Å²) in [5, 5.41) is 10.3. The zero-order valence-electron chi connectivity index (χ0n) is 15.5. The average molecular weight is 477 g/mol. The van der Waals surface area contributed by atoms with Gasteiger partial charge in [-0.1, -0.05) is 19.8 Å². The third-order valence-electron chi connectivity index (χ3n) is 5.27. The molecule has 2 N–H and O–H groups in total. The summed E-state index contributed by atoms with van der Waals surface area (Å²) in [7, 11) is 1.85. The van der Waals surface area contributed by atoms with Gasteiger partial charge in [-0.05, 0) is 32.1 Å². The van der Waals surface area contributed by atoms with Crippen molar-refractivity contribution in [2.24, 2.45) is 4.99 Å². The highest BCUT2D eigenvalue weighted by molar-refractivity contribution is 14.0. The number of likely N-dealkylation sites (tertiary alicyclic amines) is 1. The van der Waals surface area contributed by atoms with E-state index in [4.69, 9.17) is 0 Å². The first-order chi connectivity index (χ1) is 11.8. The fraction of sp³-hybridized carbons (Fsp3) is 0.778. The van der Waals surface area contributed by atoms with Gasteiger partial charge in [-0.3, -0.25) is 4.99 Å². The fourth-order valence-electron chi connectivity index (χ4n) is 3.83. The number of aromatic nitrogens is 1. The molecule has 0 aromatic carbocycles. The van der Waals surface area contributed by atoms with Crippen molar-refractivity contribution in [2.45, 2.75) is 70.5 Å². The van der Waals surface area contributed by atoms with Crippen molar-refractivity contribution in [3.63, 3.8) is 0 Å². The molecule has 0 radical (unpaired) electrons. The second-order valence-corrected chi connectivity index (χ2v) is 7.85. The van der Waals surface area contributed by atoms with Crippen molar-refractivity contribution in [1.29, 1.82) is 0 Å². The van der Waals surface area contributed by atoms with Gasteiger partial charge in [-0.2, -0.15) is 0 Å². The van der Waals surface area contributed by atoms with E-state index in [1.54, 1.807) is 11.3 Å². The standard InChI is InChI=1S/C18H31N5S.HI/c1-3-17-21-15(13-24-17)12-20-18(19-2)22-14-8-10-23(11-9-14)16-6-4-5-7-16;/h13-14,16H,3-12H2,1-2H3,(H2,19,20,22);1H. The van der Waals surface area contributed by atoms with Gasteiger partial charge >= 0.3 is 0 Å². The van der Waals surface area contributed by atoms with Crippen LogP contribution in [0.25, 0.3) is 0 Å². The minimum atomic E-state index is 0. The van der Waals surface area contributed by atoms with E-state index in [1.165, 1.54) is 56.6 Å². The lowest BCUT2D eigenvalue weighted by Gasteiger charge is -2.36. The number of halogens is 1. The van der Waals surface area contributed by atoms with Crippen LogP contribution in [-0.2, 0) is 13.0 Å². The summed E-state index contributed by atoms with van der Waals surface area (Å²) >= 11 is 1.74. The zero-order valence-corrected chi connectivity index (χ0v) is 18.6. The van der Waals surface area contributed by atoms with Crippen LogP contribution >= 0.6 is 35.3 Å². The van der Waals surface area contributed by atoms with E-state index >= 15 is 0 Å². The first-order valence-electron chi connectivity index (χ1n) is 9.43. The number of nitrogens with one attached hydrogen (secondary N) is 2. The molecule has 5 nitrogen and oxygen atoms in total. The van der Waals surface area contributed by atoms with Crippen LogP contribution in [0.5, 0.6) is 0 Å². The SMILES string of the molecule is CCc1nc(CNC(=NC)NC2CCN(C3CCCC3)CC2)cs1.I. The summed E-state index contributed by atoms with van der Waals surface area (Å²) in [6, 6.07) is 1.40. The molecule has 1 saturated heterocycles. The zero-order chi connectivity index (χ0) is 16.8. The highest BCUT2D eigenvalue weighted by Crippen LogP contribution is 2.26. The first-order valence-corrected chi connectivity index (χ1v) is 10.3. The topological polar surface area (TPSA) is 52.6 Å². The fourth-order valence-corrected chi connectivity index (χ4v) is 4.58. The molecule has 0 atom stereocenters. The Labute approximate surface area is 173 Å². The van der Waals surface area contributed by atoms with Crippen LogP contribution < -0.4 is 10.6 Å². The van der Waals surface area contributed by atoms with Crippen LogP contribution in [0, 0.1) is 0 Å². The highest BCUT2D eigenvalue weighted by atomic mass is 127. The number of aliphatic imine (C=N–C) groups is 1. The van der Waals surface area contributed by atoms with Crippen LogP contribution in [0.4, 0.5) is 0 Å². The molecular weight excluding hydrogens is 445 g/mol. The Morgan fingerprint density at radius 1 is 1.28 bits per heavy atom. The van der Waals surface area contributed by atoms with Gasteiger partial charge in [0.1, 0.15) is 0 Å². The summed E-state index contributed by atoms with van der Waals surface area (Å²) in [6.07, 6.45) is 9.12. The molecule has 1 aromatic heterocycles. The molecule has 0 unspecified atom stereocenters. The third kappa shape index (κ3) is 6.06. The van der Waals surface area contributed by atoms with Gasteiger partial charge in [0.2, 0.25) is 0 Å². The Kier molecular flexibility index (Phi) is 8.92. The van der Waals surface area contributed by atoms with Crippen LogP contribution in [0.2, 0.25) is 0 Å². The molecule has 0 amide bonds. The number of hydrogen-bond donors (Lipinski definition) is 2. The van der Waals surface area contributed by atoms with Crippen LogP contribution in [0.3, 0.4) is 0 Å². The molecule has 0 bridgehead atoms. The number of piperidine rings is 1. The molecule has 0 spiro atoms. The molecule has 7 heteroatoms. The molecule has 1 aliphatic heterocycles. The Morgan fingerprint density at radius 3 is 2.60 bits per heavy atom. The van der Waals surface area contributed by atoms with Gasteiger partial charge in [0.25, 0.3) is 0 Å². The van der Waals surface area contributed by atoms with Gasteiger partial charge in [-0.25, -0.2) is 4.98 Å². The predicted octanol–water partition coefficient (Wildman–Crippen LogP) is 3.40. The average Bonchev–Trinajstić information content (AvgIpc) is 3.30. The number of rotatable bonds is 5. The summed E-state index contributed by atoms with van der Waals surface area (Å²) < 4.78 is 0. The Hall–Kier alpha value is -0.410. The molecule has 25 heavy (non-hydrogen) atoms. The van der Waals surface area contributed by atoms with Crippen molar-refractivity contribution in [1.82, 2.24) is 20.5 Å². The molecule has 1 saturated carbocycles. The molecule has 1 aromatic rings. The van der Waals surface area contributed by atoms with E-state index in [-0.39, 0.29) is 24.0 Å². The molecule has 2 heterocycles. The quantitative estimate of drug-likeness (QED) is 0.388. The van der Waals surface area contributed by atoms with Gasteiger partial charge in [0, 0.05) is 37.6 Å². The molecule has 2 aliphatic rings. The van der Waals surface area contributed by atoms with Crippen molar-refractivity contribution < 1.29 is 0 Å². The Balaban J connectivity index is 0.00000225. The molecule has 3 rings (SSSR count). The lowest BCUT2D eigenvalue weighted by atomic mass is 10.0. The summed E-state index contributed by atoms with van der Waals surface area (Å²) in [5.74, 6) is 0.903. The maximum atomic E-state index is 4.60. The molecular formula is C18H32IN5S. The largest absolute Gasteiger partial charge is 0.354 e. The first kappa shape index (κ1) is 20.9. The number of nitrogens with zero attached hydrogens (tertiary/aromatic N) is 3. The van der Waals surface area contributed by atoms with Gasteiger partial charge < -0.3 is 15.5 Å². The summed E-state index contributed by atoms with van der Waals surface area (Å²) in [6.45, 7) is 5.35.